The van der Waals surface area contributed by atoms with Gasteiger partial charge in [-0.25, -0.2) is 4.98 Å². The number of hydrogen-bond acceptors (Lipinski definition) is 5. The molecule has 0 bridgehead atoms. The first kappa shape index (κ1) is 14.4. The number of thiazole rings is 1. The summed E-state index contributed by atoms with van der Waals surface area (Å²) in [5.74, 6) is 0.363. The summed E-state index contributed by atoms with van der Waals surface area (Å²) < 4.78 is 6.17. The van der Waals surface area contributed by atoms with Crippen LogP contribution < -0.4 is 10.1 Å². The van der Waals surface area contributed by atoms with Crippen LogP contribution in [0.25, 0.3) is 11.3 Å². The Hall–Kier alpha value is -2.24. The van der Waals surface area contributed by atoms with Gasteiger partial charge in [-0.05, 0) is 17.7 Å². The van der Waals surface area contributed by atoms with E-state index in [-0.39, 0.29) is 6.10 Å². The van der Waals surface area contributed by atoms with Gasteiger partial charge in [-0.2, -0.15) is 0 Å². The maximum absolute atomic E-state index is 6.17. The first-order chi connectivity index (χ1) is 11.4. The predicted octanol–water partition coefficient (Wildman–Crippen LogP) is 3.34. The number of nitrogens with one attached hydrogen (secondary N) is 1. The van der Waals surface area contributed by atoms with Crippen molar-refractivity contribution in [2.75, 3.05) is 13.1 Å². The molecule has 0 saturated carbocycles. The Morgan fingerprint density at radius 3 is 2.83 bits per heavy atom. The Kier molecular flexibility index (Phi) is 4.05. The van der Waals surface area contributed by atoms with Gasteiger partial charge < -0.3 is 10.1 Å². The smallest absolute Gasteiger partial charge is 0.274 e. The molecule has 3 heterocycles. The number of ether oxygens (including phenoxy) is 1. The minimum atomic E-state index is 0.116. The Bertz CT molecular complexity index is 760. The van der Waals surface area contributed by atoms with Crippen LogP contribution >= 0.6 is 11.3 Å². The average Bonchev–Trinajstić information content (AvgIpc) is 3.26. The van der Waals surface area contributed by atoms with Gasteiger partial charge in [-0.3, -0.25) is 4.98 Å². The Labute approximate surface area is 139 Å². The van der Waals surface area contributed by atoms with Crippen LogP contribution in [-0.2, 0) is 0 Å². The number of pyridine rings is 1. The topological polar surface area (TPSA) is 47.0 Å². The lowest BCUT2D eigenvalue weighted by atomic mass is 9.96. The number of rotatable bonds is 4. The molecule has 1 saturated heterocycles. The first-order valence-electron chi connectivity index (χ1n) is 7.68. The number of aromatic nitrogens is 2. The maximum Gasteiger partial charge on any atom is 0.274 e. The summed E-state index contributed by atoms with van der Waals surface area (Å²) in [6.45, 7) is 1.79. The van der Waals surface area contributed by atoms with E-state index in [2.05, 4.69) is 39.6 Å². The maximum atomic E-state index is 6.17. The second-order valence-electron chi connectivity index (χ2n) is 5.57. The van der Waals surface area contributed by atoms with E-state index in [1.165, 1.54) is 16.9 Å². The zero-order chi connectivity index (χ0) is 15.5. The van der Waals surface area contributed by atoms with Crippen molar-refractivity contribution in [3.63, 3.8) is 0 Å². The molecule has 1 aliphatic rings. The molecule has 1 aromatic carbocycles. The van der Waals surface area contributed by atoms with E-state index in [0.29, 0.717) is 5.92 Å². The van der Waals surface area contributed by atoms with Crippen molar-refractivity contribution in [1.29, 1.82) is 0 Å². The highest BCUT2D eigenvalue weighted by Crippen LogP contribution is 2.31. The van der Waals surface area contributed by atoms with Crippen LogP contribution in [0, 0.1) is 0 Å². The summed E-state index contributed by atoms with van der Waals surface area (Å²) in [6.07, 6.45) is 3.70. The molecule has 1 N–H and O–H groups in total. The first-order valence-corrected chi connectivity index (χ1v) is 8.56. The fourth-order valence-electron chi connectivity index (χ4n) is 2.90. The zero-order valence-electron chi connectivity index (χ0n) is 12.6. The van der Waals surface area contributed by atoms with Gasteiger partial charge in [0.1, 0.15) is 6.10 Å². The molecule has 116 valence electrons. The summed E-state index contributed by atoms with van der Waals surface area (Å²) >= 11 is 1.54. The third-order valence-corrected chi connectivity index (χ3v) is 4.81. The van der Waals surface area contributed by atoms with Crippen molar-refractivity contribution in [2.24, 2.45) is 0 Å². The van der Waals surface area contributed by atoms with Gasteiger partial charge in [0.25, 0.3) is 5.19 Å². The molecule has 4 rings (SSSR count). The quantitative estimate of drug-likeness (QED) is 0.800. The lowest BCUT2D eigenvalue weighted by Crippen LogP contribution is -2.24. The van der Waals surface area contributed by atoms with Gasteiger partial charge in [0.2, 0.25) is 0 Å². The van der Waals surface area contributed by atoms with Crippen LogP contribution in [0.15, 0.2) is 60.2 Å². The fourth-order valence-corrected chi connectivity index (χ4v) is 3.63. The van der Waals surface area contributed by atoms with E-state index in [1.54, 1.807) is 6.20 Å². The normalized spacial score (nSPS) is 20.5. The number of benzene rings is 1. The fraction of sp³-hybridized carbons (Fsp3) is 0.222. The Balaban J connectivity index is 1.51. The lowest BCUT2D eigenvalue weighted by molar-refractivity contribution is 0.203. The van der Waals surface area contributed by atoms with Gasteiger partial charge >= 0.3 is 0 Å². The molecular weight excluding hydrogens is 306 g/mol. The number of hydrogen-bond donors (Lipinski definition) is 1. The molecule has 0 spiro atoms. The average molecular weight is 323 g/mol. The third kappa shape index (κ3) is 3.11. The van der Waals surface area contributed by atoms with E-state index in [4.69, 9.17) is 4.74 Å². The summed E-state index contributed by atoms with van der Waals surface area (Å²) in [5, 5.41) is 6.16. The van der Waals surface area contributed by atoms with Gasteiger partial charge in [0.15, 0.2) is 0 Å². The molecule has 1 fully saturated rings. The summed E-state index contributed by atoms with van der Waals surface area (Å²) in [5.41, 5.74) is 3.25. The molecule has 0 amide bonds. The monoisotopic (exact) mass is 323 g/mol. The van der Waals surface area contributed by atoms with Crippen LogP contribution in [0.1, 0.15) is 11.5 Å². The van der Waals surface area contributed by atoms with Gasteiger partial charge in [-0.15, -0.1) is 0 Å². The SMILES string of the molecule is c1ccc(C2CNCC2Oc2nc(-c3cccnc3)cs2)cc1. The van der Waals surface area contributed by atoms with Gasteiger partial charge in [0, 0.05) is 42.3 Å². The van der Waals surface area contributed by atoms with Crippen LogP contribution in [0.5, 0.6) is 5.19 Å². The second kappa shape index (κ2) is 6.48. The highest BCUT2D eigenvalue weighted by atomic mass is 32.1. The molecule has 3 aromatic rings. The standard InChI is InChI=1S/C18H17N3OS/c1-2-5-13(6-3-1)15-10-20-11-17(15)22-18-21-16(12-23-18)14-7-4-8-19-9-14/h1-9,12,15,17,20H,10-11H2. The molecule has 2 aromatic heterocycles. The van der Waals surface area contributed by atoms with Crippen LogP contribution in [0.2, 0.25) is 0 Å². The van der Waals surface area contributed by atoms with Crippen molar-refractivity contribution in [2.45, 2.75) is 12.0 Å². The highest BCUT2D eigenvalue weighted by molar-refractivity contribution is 7.11. The summed E-state index contributed by atoms with van der Waals surface area (Å²) in [4.78, 5) is 8.74. The molecule has 23 heavy (non-hydrogen) atoms. The third-order valence-electron chi connectivity index (χ3n) is 4.08. The van der Waals surface area contributed by atoms with Crippen molar-refractivity contribution >= 4 is 11.3 Å². The van der Waals surface area contributed by atoms with Gasteiger partial charge in [0.05, 0.1) is 5.69 Å². The predicted molar refractivity (Wildman–Crippen MR) is 91.8 cm³/mol. The molecule has 1 aliphatic heterocycles. The number of nitrogens with zero attached hydrogens (tertiary/aromatic N) is 2. The van der Waals surface area contributed by atoms with Crippen molar-refractivity contribution < 1.29 is 4.74 Å². The van der Waals surface area contributed by atoms with Gasteiger partial charge in [-0.1, -0.05) is 41.7 Å². The van der Waals surface area contributed by atoms with E-state index >= 15 is 0 Å². The largest absolute Gasteiger partial charge is 0.465 e. The molecule has 0 radical (unpaired) electrons. The molecule has 5 heteroatoms. The molecule has 2 atom stereocenters. The van der Waals surface area contributed by atoms with E-state index in [9.17, 15) is 0 Å². The molecule has 4 nitrogen and oxygen atoms in total. The van der Waals surface area contributed by atoms with Crippen molar-refractivity contribution in [3.8, 4) is 16.5 Å². The van der Waals surface area contributed by atoms with E-state index in [1.807, 2.05) is 29.8 Å². The van der Waals surface area contributed by atoms with E-state index < -0.39 is 0 Å². The Morgan fingerprint density at radius 2 is 2.00 bits per heavy atom. The molecule has 0 aliphatic carbocycles. The van der Waals surface area contributed by atoms with Crippen LogP contribution in [0.3, 0.4) is 0 Å². The van der Waals surface area contributed by atoms with Crippen LogP contribution in [0.4, 0.5) is 0 Å². The van der Waals surface area contributed by atoms with Crippen molar-refractivity contribution in [1.82, 2.24) is 15.3 Å². The van der Waals surface area contributed by atoms with E-state index in [0.717, 1.165) is 29.5 Å². The van der Waals surface area contributed by atoms with Crippen molar-refractivity contribution in [3.05, 3.63) is 65.8 Å². The summed E-state index contributed by atoms with van der Waals surface area (Å²) in [7, 11) is 0. The minimum Gasteiger partial charge on any atom is -0.465 e. The zero-order valence-corrected chi connectivity index (χ0v) is 13.4. The highest BCUT2D eigenvalue weighted by Gasteiger charge is 2.30. The lowest BCUT2D eigenvalue weighted by Gasteiger charge is -2.18. The summed E-state index contributed by atoms with van der Waals surface area (Å²) in [6, 6.07) is 14.5. The molecular formula is C18H17N3OS. The van der Waals surface area contributed by atoms with Crippen LogP contribution in [-0.4, -0.2) is 29.2 Å². The second-order valence-corrected chi connectivity index (χ2v) is 6.39. The molecule has 2 unspecified atom stereocenters. The minimum absolute atomic E-state index is 0.116. The Morgan fingerprint density at radius 1 is 1.09 bits per heavy atom.